The Kier molecular flexibility index (Phi) is 9.59. The van der Waals surface area contributed by atoms with Gasteiger partial charge in [-0.15, -0.1) is 0 Å². The Morgan fingerprint density at radius 1 is 0.769 bits per heavy atom. The van der Waals surface area contributed by atoms with Crippen molar-refractivity contribution in [3.05, 3.63) is 0 Å². The highest BCUT2D eigenvalue weighted by Crippen LogP contribution is 2.14. The molecule has 156 valence electrons. The van der Waals surface area contributed by atoms with Crippen LogP contribution in [0, 0.1) is 0 Å². The van der Waals surface area contributed by atoms with E-state index in [9.17, 15) is 34.6 Å². The van der Waals surface area contributed by atoms with Crippen LogP contribution < -0.4 is 0 Å². The maximum atomic E-state index is 11.2. The van der Waals surface area contributed by atoms with Crippen LogP contribution in [-0.4, -0.2) is 97.9 Å². The number of rotatable bonds is 14. The number of carbonyl (C=O) groups is 1. The lowest BCUT2D eigenvalue weighted by atomic mass is 10.2. The average Bonchev–Trinajstić information content (AvgIpc) is 2.32. The van der Waals surface area contributed by atoms with Gasteiger partial charge < -0.3 is 14.1 Å². The van der Waals surface area contributed by atoms with Gasteiger partial charge in [0.2, 0.25) is 0 Å². The lowest BCUT2D eigenvalue weighted by molar-refractivity contribution is -0.921. The van der Waals surface area contributed by atoms with Crippen molar-refractivity contribution in [2.75, 3.05) is 43.4 Å². The Bertz CT molecular complexity index is 677. The number of hydrogen-bond donors (Lipinski definition) is 3. The molecule has 12 nitrogen and oxygen atoms in total. The van der Waals surface area contributed by atoms with E-state index < -0.39 is 64.6 Å². The first-order chi connectivity index (χ1) is 11.5. The molecule has 26 heavy (non-hydrogen) atoms. The second-order valence-electron chi connectivity index (χ2n) is 5.96. The van der Waals surface area contributed by atoms with Gasteiger partial charge in [-0.2, -0.15) is 16.8 Å². The molecule has 0 heterocycles. The molecule has 0 spiro atoms. The maximum Gasteiger partial charge on any atom is 0.359 e. The molecule has 0 rings (SSSR count). The molecule has 0 saturated heterocycles. The Hall–Kier alpha value is -0.840. The average molecular weight is 442 g/mol. The molecule has 0 amide bonds. The Balaban J connectivity index is 5.28. The molecular weight excluding hydrogens is 418 g/mol. The van der Waals surface area contributed by atoms with E-state index in [-0.39, 0.29) is 38.9 Å². The third-order valence-electron chi connectivity index (χ3n) is 3.57. The summed E-state index contributed by atoms with van der Waals surface area (Å²) in [4.78, 5) is 11.2. The zero-order valence-corrected chi connectivity index (χ0v) is 16.3. The summed E-state index contributed by atoms with van der Waals surface area (Å²) in [6.07, 6.45) is -0.541. The standard InChI is InChI=1S/C11H23NO11S3/c13-11(14)10-12(4-1-7-24(15,16)17,5-2-8-25(18,19)20)6-3-9-26(21,22)23/h1-10H2,(H3-,13,14,15,16,17,18,19,20,21,22,23). The molecule has 0 aliphatic carbocycles. The molecule has 0 unspecified atom stereocenters. The Morgan fingerprint density at radius 2 is 1.12 bits per heavy atom. The predicted octanol–water partition coefficient (Wildman–Crippen LogP) is -1.62. The summed E-state index contributed by atoms with van der Waals surface area (Å²) in [5.41, 5.74) is 0. The van der Waals surface area contributed by atoms with E-state index in [0.717, 1.165) is 0 Å². The highest BCUT2D eigenvalue weighted by atomic mass is 32.2. The highest BCUT2D eigenvalue weighted by Gasteiger charge is 2.31. The van der Waals surface area contributed by atoms with E-state index in [2.05, 4.69) is 0 Å². The summed E-state index contributed by atoms with van der Waals surface area (Å²) in [6, 6.07) is 0. The van der Waals surface area contributed by atoms with E-state index in [0.29, 0.717) is 0 Å². The van der Waals surface area contributed by atoms with Crippen molar-refractivity contribution in [2.45, 2.75) is 19.3 Å². The third-order valence-corrected chi connectivity index (χ3v) is 5.96. The molecule has 0 bridgehead atoms. The van der Waals surface area contributed by atoms with Gasteiger partial charge in [0.05, 0.1) is 41.3 Å². The SMILES string of the molecule is O=C(O)C[N+](CCCS(=O)(=O)[O-])(CCCS(=O)(=O)O)CCCS(=O)(=O)O. The van der Waals surface area contributed by atoms with Crippen molar-refractivity contribution in [3.8, 4) is 0 Å². The fraction of sp³-hybridized carbons (Fsp3) is 0.909. The highest BCUT2D eigenvalue weighted by molar-refractivity contribution is 7.86. The minimum absolute atomic E-state index is 0.115. The van der Waals surface area contributed by atoms with Crippen LogP contribution in [0.4, 0.5) is 0 Å². The molecule has 0 aromatic rings. The van der Waals surface area contributed by atoms with Crippen LogP contribution in [0.3, 0.4) is 0 Å². The van der Waals surface area contributed by atoms with Crippen LogP contribution >= 0.6 is 0 Å². The fourth-order valence-electron chi connectivity index (χ4n) is 2.60. The van der Waals surface area contributed by atoms with Crippen LogP contribution in [0.15, 0.2) is 0 Å². The van der Waals surface area contributed by atoms with E-state index in [1.54, 1.807) is 0 Å². The summed E-state index contributed by atoms with van der Waals surface area (Å²) in [5.74, 6) is -3.38. The van der Waals surface area contributed by atoms with E-state index >= 15 is 0 Å². The van der Waals surface area contributed by atoms with Gasteiger partial charge in [0, 0.05) is 25.0 Å². The summed E-state index contributed by atoms with van der Waals surface area (Å²) < 4.78 is 92.7. The van der Waals surface area contributed by atoms with Crippen LogP contribution in [0.1, 0.15) is 19.3 Å². The largest absolute Gasteiger partial charge is 0.748 e. The van der Waals surface area contributed by atoms with Gasteiger partial charge in [-0.25, -0.2) is 13.2 Å². The molecule has 0 fully saturated rings. The van der Waals surface area contributed by atoms with Gasteiger partial charge in [0.15, 0.2) is 6.54 Å². The van der Waals surface area contributed by atoms with Gasteiger partial charge in [-0.3, -0.25) is 9.11 Å². The lowest BCUT2D eigenvalue weighted by Gasteiger charge is -2.37. The summed E-state index contributed by atoms with van der Waals surface area (Å²) >= 11 is 0. The molecule has 15 heteroatoms. The minimum atomic E-state index is -4.54. The van der Waals surface area contributed by atoms with Crippen molar-refractivity contribution in [1.82, 2.24) is 0 Å². The molecule has 0 atom stereocenters. The number of hydrogen-bond acceptors (Lipinski definition) is 8. The van der Waals surface area contributed by atoms with Crippen molar-refractivity contribution >= 4 is 36.3 Å². The van der Waals surface area contributed by atoms with Crippen molar-refractivity contribution in [2.24, 2.45) is 0 Å². The summed E-state index contributed by atoms with van der Waals surface area (Å²) in [7, 11) is -13.1. The summed E-state index contributed by atoms with van der Waals surface area (Å²) in [5, 5.41) is 9.10. The third kappa shape index (κ3) is 14.3. The van der Waals surface area contributed by atoms with Crippen LogP contribution in [0.2, 0.25) is 0 Å². The molecule has 0 aromatic carbocycles. The molecule has 0 aliphatic heterocycles. The Labute approximate surface area is 152 Å². The number of carboxylic acid groups (broad SMARTS) is 1. The molecule has 3 N–H and O–H groups in total. The topological polar surface area (TPSA) is 203 Å². The number of carboxylic acids is 1. The minimum Gasteiger partial charge on any atom is -0.748 e. The molecule has 0 aromatic heterocycles. The van der Waals surface area contributed by atoms with Gasteiger partial charge in [-0.05, 0) is 0 Å². The van der Waals surface area contributed by atoms with E-state index in [4.69, 9.17) is 14.2 Å². The number of nitrogens with zero attached hydrogens (tertiary/aromatic N) is 1. The Morgan fingerprint density at radius 3 is 1.38 bits per heavy atom. The van der Waals surface area contributed by atoms with E-state index in [1.165, 1.54) is 0 Å². The monoisotopic (exact) mass is 441 g/mol. The molecule has 0 saturated carbocycles. The second-order valence-corrected chi connectivity index (χ2v) is 10.6. The second kappa shape index (κ2) is 9.91. The van der Waals surface area contributed by atoms with Crippen LogP contribution in [0.25, 0.3) is 0 Å². The first-order valence-corrected chi connectivity index (χ1v) is 12.2. The zero-order valence-electron chi connectivity index (χ0n) is 13.9. The normalized spacial score (nSPS) is 13.7. The van der Waals surface area contributed by atoms with Crippen LogP contribution in [-0.2, 0) is 35.1 Å². The van der Waals surface area contributed by atoms with Crippen LogP contribution in [0.5, 0.6) is 0 Å². The molecule has 0 radical (unpaired) electrons. The van der Waals surface area contributed by atoms with Crippen molar-refractivity contribution < 1.29 is 53.3 Å². The van der Waals surface area contributed by atoms with Crippen molar-refractivity contribution in [1.29, 1.82) is 0 Å². The molecule has 0 aliphatic rings. The predicted molar refractivity (Wildman–Crippen MR) is 88.6 cm³/mol. The van der Waals surface area contributed by atoms with Gasteiger partial charge in [0.25, 0.3) is 20.2 Å². The number of quaternary nitrogens is 1. The first kappa shape index (κ1) is 25.2. The maximum absolute atomic E-state index is 11.2. The van der Waals surface area contributed by atoms with Gasteiger partial charge >= 0.3 is 5.97 Å². The molecular formula is C11H23NO11S3. The lowest BCUT2D eigenvalue weighted by Crippen LogP contribution is -2.54. The fourth-order valence-corrected chi connectivity index (χ4v) is 4.07. The quantitative estimate of drug-likeness (QED) is 0.206. The van der Waals surface area contributed by atoms with Crippen molar-refractivity contribution in [3.63, 3.8) is 0 Å². The van der Waals surface area contributed by atoms with Gasteiger partial charge in [0.1, 0.15) is 0 Å². The van der Waals surface area contributed by atoms with E-state index in [1.807, 2.05) is 0 Å². The summed E-state index contributed by atoms with van der Waals surface area (Å²) in [6.45, 7) is -0.937. The first-order valence-electron chi connectivity index (χ1n) is 7.44. The van der Waals surface area contributed by atoms with Gasteiger partial charge in [-0.1, -0.05) is 0 Å². The number of aliphatic carboxylic acids is 1. The smallest absolute Gasteiger partial charge is 0.359 e. The zero-order chi connectivity index (χ0) is 20.6.